The first-order valence-electron chi connectivity index (χ1n) is 6.06. The summed E-state index contributed by atoms with van der Waals surface area (Å²) in [6.45, 7) is 0.577. The monoisotopic (exact) mass is 344 g/mol. The van der Waals surface area contributed by atoms with Crippen LogP contribution < -0.4 is 5.32 Å². The van der Waals surface area contributed by atoms with Gasteiger partial charge in [0.25, 0.3) is 5.69 Å². The Hall–Kier alpha value is -2.33. The number of benzene rings is 1. The Morgan fingerprint density at radius 1 is 1.17 bits per heavy atom. The van der Waals surface area contributed by atoms with Crippen LogP contribution in [0.2, 0.25) is 0 Å². The van der Waals surface area contributed by atoms with Gasteiger partial charge in [-0.05, 0) is 12.5 Å². The fraction of sp³-hybridized carbons (Fsp3) is 0.417. The van der Waals surface area contributed by atoms with E-state index < -0.39 is 46.4 Å². The summed E-state index contributed by atoms with van der Waals surface area (Å²) in [5.41, 5.74) is -5.75. The zero-order chi connectivity index (χ0) is 18.1. The van der Waals surface area contributed by atoms with E-state index in [9.17, 15) is 41.3 Å². The normalized spacial score (nSPS) is 12.8. The Bertz CT molecular complexity index is 598. The molecule has 0 radical (unpaired) electrons. The van der Waals surface area contributed by atoms with Gasteiger partial charge in [0.1, 0.15) is 0 Å². The molecule has 0 saturated carbocycles. The van der Waals surface area contributed by atoms with Gasteiger partial charge in [0.05, 0.1) is 4.92 Å². The summed E-state index contributed by atoms with van der Waals surface area (Å²) in [7, 11) is 0. The molecule has 1 rings (SSSR count). The molecule has 0 aliphatic heterocycles. The van der Waals surface area contributed by atoms with Gasteiger partial charge in [-0.2, -0.15) is 26.3 Å². The lowest BCUT2D eigenvalue weighted by atomic mass is 9.82. The van der Waals surface area contributed by atoms with E-state index in [0.717, 1.165) is 18.2 Å². The number of anilines is 1. The second-order valence-electron chi connectivity index (χ2n) is 4.52. The summed E-state index contributed by atoms with van der Waals surface area (Å²) in [4.78, 5) is 21.4. The molecule has 0 aliphatic carbocycles. The molecule has 0 fully saturated rings. The van der Waals surface area contributed by atoms with Gasteiger partial charge < -0.3 is 5.32 Å². The number of carbonyl (C=O) groups excluding carboxylic acids is 1. The van der Waals surface area contributed by atoms with Crippen LogP contribution in [0, 0.1) is 15.5 Å². The van der Waals surface area contributed by atoms with Crippen molar-refractivity contribution in [2.45, 2.75) is 25.7 Å². The van der Waals surface area contributed by atoms with E-state index in [0.29, 0.717) is 13.0 Å². The van der Waals surface area contributed by atoms with Crippen molar-refractivity contribution in [3.8, 4) is 0 Å². The van der Waals surface area contributed by atoms with Crippen molar-refractivity contribution >= 4 is 17.3 Å². The first-order valence-corrected chi connectivity index (χ1v) is 6.06. The van der Waals surface area contributed by atoms with Gasteiger partial charge >= 0.3 is 12.4 Å². The maximum absolute atomic E-state index is 12.9. The van der Waals surface area contributed by atoms with Gasteiger partial charge in [-0.15, -0.1) is 0 Å². The number of nitrogens with one attached hydrogen (secondary N) is 1. The molecule has 0 spiro atoms. The Kier molecular flexibility index (Phi) is 4.92. The third-order valence-corrected chi connectivity index (χ3v) is 3.20. The number of hydrogen-bond acceptors (Lipinski definition) is 3. The Morgan fingerprint density at radius 2 is 1.70 bits per heavy atom. The minimum Gasteiger partial charge on any atom is -0.325 e. The van der Waals surface area contributed by atoms with Crippen molar-refractivity contribution in [3.63, 3.8) is 0 Å². The van der Waals surface area contributed by atoms with E-state index in [1.807, 2.05) is 0 Å². The molecule has 128 valence electrons. The molecule has 0 aliphatic rings. The van der Waals surface area contributed by atoms with Crippen LogP contribution in [0.4, 0.5) is 37.7 Å². The third-order valence-electron chi connectivity index (χ3n) is 3.20. The molecule has 1 aromatic carbocycles. The van der Waals surface area contributed by atoms with Crippen LogP contribution in [0.1, 0.15) is 13.3 Å². The molecule has 1 amide bonds. The SMILES string of the molecule is CCC(C(=O)Nc1cccc([N+](=O)[O-])c1)(C(F)(F)F)C(F)(F)F. The first kappa shape index (κ1) is 18.7. The molecule has 11 heteroatoms. The maximum Gasteiger partial charge on any atom is 0.412 e. The molecule has 0 unspecified atom stereocenters. The average Bonchev–Trinajstić information content (AvgIpc) is 2.36. The molecule has 23 heavy (non-hydrogen) atoms. The number of nitro groups is 1. The number of alkyl halides is 6. The fourth-order valence-electron chi connectivity index (χ4n) is 1.91. The minimum atomic E-state index is -5.88. The number of non-ortho nitro benzene ring substituents is 1. The summed E-state index contributed by atoms with van der Waals surface area (Å²) in [6.07, 6.45) is -13.3. The average molecular weight is 344 g/mol. The zero-order valence-electron chi connectivity index (χ0n) is 11.5. The molecule has 1 aromatic rings. The van der Waals surface area contributed by atoms with Gasteiger partial charge in [0, 0.05) is 17.8 Å². The van der Waals surface area contributed by atoms with Crippen molar-refractivity contribution in [1.82, 2.24) is 0 Å². The molecule has 1 N–H and O–H groups in total. The fourth-order valence-corrected chi connectivity index (χ4v) is 1.91. The number of nitro benzene ring substituents is 1. The van der Waals surface area contributed by atoms with Crippen molar-refractivity contribution in [3.05, 3.63) is 34.4 Å². The summed E-state index contributed by atoms with van der Waals surface area (Å²) >= 11 is 0. The predicted octanol–water partition coefficient (Wildman–Crippen LogP) is 4.05. The van der Waals surface area contributed by atoms with Crippen molar-refractivity contribution in [2.24, 2.45) is 5.41 Å². The lowest BCUT2D eigenvalue weighted by molar-refractivity contribution is -0.384. The Balaban J connectivity index is 3.28. The smallest absolute Gasteiger partial charge is 0.325 e. The van der Waals surface area contributed by atoms with Gasteiger partial charge in [0.15, 0.2) is 0 Å². The van der Waals surface area contributed by atoms with Crippen LogP contribution in [0.5, 0.6) is 0 Å². The summed E-state index contributed by atoms with van der Waals surface area (Å²) < 4.78 is 77.7. The van der Waals surface area contributed by atoms with Crippen LogP contribution in [-0.4, -0.2) is 23.2 Å². The maximum atomic E-state index is 12.9. The third kappa shape index (κ3) is 3.37. The van der Waals surface area contributed by atoms with E-state index in [1.54, 1.807) is 0 Å². The topological polar surface area (TPSA) is 72.2 Å². The van der Waals surface area contributed by atoms with Gasteiger partial charge in [-0.25, -0.2) is 0 Å². The second-order valence-corrected chi connectivity index (χ2v) is 4.52. The van der Waals surface area contributed by atoms with Crippen LogP contribution in [0.3, 0.4) is 0 Å². The number of carbonyl (C=O) groups is 1. The Morgan fingerprint density at radius 3 is 2.09 bits per heavy atom. The highest BCUT2D eigenvalue weighted by Crippen LogP contribution is 2.53. The highest BCUT2D eigenvalue weighted by molar-refractivity contribution is 5.96. The zero-order valence-corrected chi connectivity index (χ0v) is 11.5. The quantitative estimate of drug-likeness (QED) is 0.509. The summed E-state index contributed by atoms with van der Waals surface area (Å²) in [5.74, 6) is -2.35. The van der Waals surface area contributed by atoms with E-state index in [1.165, 1.54) is 5.32 Å². The standard InChI is InChI=1S/C12H10F6N2O3/c1-2-10(11(13,14)15,12(16,17)18)9(21)19-7-4-3-5-8(6-7)20(22)23/h3-6H,2H2,1H3,(H,19,21). The molecule has 0 bridgehead atoms. The lowest BCUT2D eigenvalue weighted by Gasteiger charge is -2.34. The molecular formula is C12H10F6N2O3. The van der Waals surface area contributed by atoms with Crippen molar-refractivity contribution in [1.29, 1.82) is 0 Å². The van der Waals surface area contributed by atoms with Gasteiger partial charge in [-0.1, -0.05) is 13.0 Å². The molecule has 0 saturated heterocycles. The summed E-state index contributed by atoms with van der Waals surface area (Å²) in [5, 5.41) is 12.0. The molecular weight excluding hydrogens is 334 g/mol. The van der Waals surface area contributed by atoms with E-state index >= 15 is 0 Å². The molecule has 0 heterocycles. The number of nitrogens with zero attached hydrogens (tertiary/aromatic N) is 1. The predicted molar refractivity (Wildman–Crippen MR) is 66.6 cm³/mol. The van der Waals surface area contributed by atoms with Crippen LogP contribution in [-0.2, 0) is 4.79 Å². The summed E-state index contributed by atoms with van der Waals surface area (Å²) in [6, 6.07) is 3.59. The largest absolute Gasteiger partial charge is 0.412 e. The van der Waals surface area contributed by atoms with Gasteiger partial charge in [-0.3, -0.25) is 14.9 Å². The highest BCUT2D eigenvalue weighted by Gasteiger charge is 2.74. The minimum absolute atomic E-state index is 0.546. The number of amides is 1. The number of rotatable bonds is 4. The van der Waals surface area contributed by atoms with Crippen LogP contribution >= 0.6 is 0 Å². The number of hydrogen-bond donors (Lipinski definition) is 1. The Labute approximate surface area is 125 Å². The number of halogens is 6. The van der Waals surface area contributed by atoms with E-state index in [-0.39, 0.29) is 0 Å². The van der Waals surface area contributed by atoms with Crippen LogP contribution in [0.15, 0.2) is 24.3 Å². The highest BCUT2D eigenvalue weighted by atomic mass is 19.4. The van der Waals surface area contributed by atoms with Crippen molar-refractivity contribution < 1.29 is 36.1 Å². The molecule has 0 atom stereocenters. The van der Waals surface area contributed by atoms with E-state index in [4.69, 9.17) is 0 Å². The van der Waals surface area contributed by atoms with Crippen LogP contribution in [0.25, 0.3) is 0 Å². The van der Waals surface area contributed by atoms with Crippen molar-refractivity contribution in [2.75, 3.05) is 5.32 Å². The second kappa shape index (κ2) is 6.05. The molecule has 0 aromatic heterocycles. The first-order chi connectivity index (χ1) is 10.4. The van der Waals surface area contributed by atoms with Gasteiger partial charge in [0.2, 0.25) is 11.3 Å². The lowest BCUT2D eigenvalue weighted by Crippen LogP contribution is -2.57. The van der Waals surface area contributed by atoms with E-state index in [2.05, 4.69) is 0 Å². The molecule has 5 nitrogen and oxygen atoms in total.